The Balaban J connectivity index is 1.96. The molecule has 1 N–H and O–H groups in total. The summed E-state index contributed by atoms with van der Waals surface area (Å²) in [5.74, 6) is 4.57. The van der Waals surface area contributed by atoms with Crippen LogP contribution in [0.15, 0.2) is 0 Å². The Kier molecular flexibility index (Phi) is 6.94. The van der Waals surface area contributed by atoms with Gasteiger partial charge >= 0.3 is 0 Å². The first kappa shape index (κ1) is 11.9. The zero-order chi connectivity index (χ0) is 10.1. The molecule has 2 nitrogen and oxygen atoms in total. The molecule has 0 aliphatic carbocycles. The maximum atomic E-state index is 5.40. The van der Waals surface area contributed by atoms with Crippen LogP contribution >= 0.6 is 11.8 Å². The summed E-state index contributed by atoms with van der Waals surface area (Å²) in [7, 11) is 0. The predicted molar refractivity (Wildman–Crippen MR) is 62.6 cm³/mol. The summed E-state index contributed by atoms with van der Waals surface area (Å²) < 4.78 is 5.40. The van der Waals surface area contributed by atoms with E-state index in [9.17, 15) is 0 Å². The molecule has 1 saturated heterocycles. The van der Waals surface area contributed by atoms with E-state index in [1.54, 1.807) is 0 Å². The molecule has 0 saturated carbocycles. The minimum atomic E-state index is 0.656. The normalized spacial score (nSPS) is 22.6. The van der Waals surface area contributed by atoms with Crippen molar-refractivity contribution in [3.8, 4) is 12.3 Å². The van der Waals surface area contributed by atoms with Crippen molar-refractivity contribution in [2.75, 3.05) is 31.3 Å². The number of ether oxygens (including phenoxy) is 1. The Morgan fingerprint density at radius 1 is 1.43 bits per heavy atom. The fourth-order valence-corrected chi connectivity index (χ4v) is 2.10. The summed E-state index contributed by atoms with van der Waals surface area (Å²) in [5, 5.41) is 3.55. The lowest BCUT2D eigenvalue weighted by molar-refractivity contribution is 0.142. The third-order valence-electron chi connectivity index (χ3n) is 2.32. The highest BCUT2D eigenvalue weighted by Crippen LogP contribution is 2.08. The average molecular weight is 213 g/mol. The van der Waals surface area contributed by atoms with Crippen molar-refractivity contribution in [3.63, 3.8) is 0 Å². The molecule has 80 valence electrons. The summed E-state index contributed by atoms with van der Waals surface area (Å²) in [6.45, 7) is 2.91. The smallest absolute Gasteiger partial charge is 0.0545 e. The monoisotopic (exact) mass is 213 g/mol. The van der Waals surface area contributed by atoms with E-state index in [0.717, 1.165) is 37.7 Å². The lowest BCUT2D eigenvalue weighted by Gasteiger charge is -2.14. The quantitative estimate of drug-likeness (QED) is 0.552. The van der Waals surface area contributed by atoms with Crippen molar-refractivity contribution in [1.82, 2.24) is 5.32 Å². The van der Waals surface area contributed by atoms with Gasteiger partial charge in [0.25, 0.3) is 0 Å². The first-order chi connectivity index (χ1) is 6.93. The molecule has 1 rings (SSSR count). The molecule has 1 heterocycles. The average Bonchev–Trinajstić information content (AvgIpc) is 2.46. The second-order valence-corrected chi connectivity index (χ2v) is 4.56. The van der Waals surface area contributed by atoms with Crippen LogP contribution < -0.4 is 5.32 Å². The molecule has 0 aromatic rings. The second kappa shape index (κ2) is 8.16. The van der Waals surface area contributed by atoms with E-state index < -0.39 is 0 Å². The predicted octanol–water partition coefficient (Wildman–Crippen LogP) is 1.51. The third-order valence-corrected chi connectivity index (χ3v) is 3.18. The van der Waals surface area contributed by atoms with Crippen LogP contribution in [0.2, 0.25) is 0 Å². The molecule has 1 fully saturated rings. The summed E-state index contributed by atoms with van der Waals surface area (Å²) in [6, 6.07) is 0.656. The zero-order valence-corrected chi connectivity index (χ0v) is 9.44. The van der Waals surface area contributed by atoms with Gasteiger partial charge in [-0.1, -0.05) is 5.92 Å². The maximum Gasteiger partial charge on any atom is 0.0545 e. The van der Waals surface area contributed by atoms with Crippen molar-refractivity contribution < 1.29 is 4.74 Å². The van der Waals surface area contributed by atoms with Crippen LogP contribution in [0.5, 0.6) is 0 Å². The molecule has 0 spiro atoms. The van der Waals surface area contributed by atoms with Gasteiger partial charge in [-0.3, -0.25) is 0 Å². The van der Waals surface area contributed by atoms with Gasteiger partial charge in [-0.05, 0) is 19.3 Å². The summed E-state index contributed by atoms with van der Waals surface area (Å²) in [6.07, 6.45) is 8.76. The first-order valence-electron chi connectivity index (χ1n) is 5.26. The summed E-state index contributed by atoms with van der Waals surface area (Å²) >= 11 is 1.82. The van der Waals surface area contributed by atoms with Gasteiger partial charge in [0.05, 0.1) is 5.75 Å². The van der Waals surface area contributed by atoms with Gasteiger partial charge in [0.2, 0.25) is 0 Å². The summed E-state index contributed by atoms with van der Waals surface area (Å²) in [5.41, 5.74) is 0. The van der Waals surface area contributed by atoms with Crippen LogP contribution in [0.25, 0.3) is 0 Å². The molecular weight excluding hydrogens is 194 g/mol. The molecule has 1 atom stereocenters. The standard InChI is InChI=1S/C11H19NOS/c1-2-9-14-10-6-12-11-4-3-7-13-8-5-11/h1,11-12H,3-10H2. The Hall–Kier alpha value is -0.170. The van der Waals surface area contributed by atoms with Gasteiger partial charge in [0, 0.05) is 31.6 Å². The van der Waals surface area contributed by atoms with Crippen molar-refractivity contribution in [3.05, 3.63) is 0 Å². The van der Waals surface area contributed by atoms with Gasteiger partial charge < -0.3 is 10.1 Å². The number of thioether (sulfide) groups is 1. The highest BCUT2D eigenvalue weighted by Gasteiger charge is 2.10. The maximum absolute atomic E-state index is 5.40. The molecule has 0 radical (unpaired) electrons. The van der Waals surface area contributed by atoms with Gasteiger partial charge in [-0.15, -0.1) is 18.2 Å². The molecule has 0 aromatic carbocycles. The van der Waals surface area contributed by atoms with E-state index in [4.69, 9.17) is 11.2 Å². The Labute approximate surface area is 91.2 Å². The number of hydrogen-bond acceptors (Lipinski definition) is 3. The minimum absolute atomic E-state index is 0.656. The van der Waals surface area contributed by atoms with E-state index >= 15 is 0 Å². The minimum Gasteiger partial charge on any atom is -0.381 e. The number of hydrogen-bond donors (Lipinski definition) is 1. The fraction of sp³-hybridized carbons (Fsp3) is 0.818. The summed E-state index contributed by atoms with van der Waals surface area (Å²) in [4.78, 5) is 0. The van der Waals surface area contributed by atoms with Gasteiger partial charge in [0.1, 0.15) is 0 Å². The first-order valence-corrected chi connectivity index (χ1v) is 6.41. The Bertz CT molecular complexity index is 171. The van der Waals surface area contributed by atoms with E-state index in [-0.39, 0.29) is 0 Å². The van der Waals surface area contributed by atoms with Gasteiger partial charge in [-0.2, -0.15) is 0 Å². The van der Waals surface area contributed by atoms with E-state index in [0.29, 0.717) is 6.04 Å². The molecule has 1 aliphatic heterocycles. The third kappa shape index (κ3) is 5.54. The lowest BCUT2D eigenvalue weighted by Crippen LogP contribution is -2.31. The number of rotatable bonds is 5. The van der Waals surface area contributed by atoms with Crippen LogP contribution in [-0.4, -0.2) is 37.3 Å². The van der Waals surface area contributed by atoms with Crippen LogP contribution in [0.1, 0.15) is 19.3 Å². The van der Waals surface area contributed by atoms with Crippen molar-refractivity contribution in [2.45, 2.75) is 25.3 Å². The van der Waals surface area contributed by atoms with E-state index in [1.807, 2.05) is 11.8 Å². The zero-order valence-electron chi connectivity index (χ0n) is 8.63. The van der Waals surface area contributed by atoms with E-state index in [2.05, 4.69) is 11.2 Å². The Morgan fingerprint density at radius 2 is 2.36 bits per heavy atom. The van der Waals surface area contributed by atoms with Crippen LogP contribution in [0, 0.1) is 12.3 Å². The molecule has 1 unspecified atom stereocenters. The molecule has 3 heteroatoms. The topological polar surface area (TPSA) is 21.3 Å². The molecule has 0 amide bonds. The molecule has 1 aliphatic rings. The van der Waals surface area contributed by atoms with Crippen LogP contribution in [0.3, 0.4) is 0 Å². The van der Waals surface area contributed by atoms with Crippen LogP contribution in [0.4, 0.5) is 0 Å². The fourth-order valence-electron chi connectivity index (χ4n) is 1.57. The molecule has 0 bridgehead atoms. The highest BCUT2D eigenvalue weighted by molar-refractivity contribution is 7.99. The van der Waals surface area contributed by atoms with Gasteiger partial charge in [0.15, 0.2) is 0 Å². The molecular formula is C11H19NOS. The SMILES string of the molecule is C#CCSCCNC1CCCOCC1. The number of terminal acetylenes is 1. The van der Waals surface area contributed by atoms with Crippen molar-refractivity contribution >= 4 is 11.8 Å². The lowest BCUT2D eigenvalue weighted by atomic mass is 10.1. The van der Waals surface area contributed by atoms with Crippen LogP contribution in [-0.2, 0) is 4.74 Å². The Morgan fingerprint density at radius 3 is 3.21 bits per heavy atom. The van der Waals surface area contributed by atoms with E-state index in [1.165, 1.54) is 12.8 Å². The highest BCUT2D eigenvalue weighted by atomic mass is 32.2. The van der Waals surface area contributed by atoms with Gasteiger partial charge in [-0.25, -0.2) is 0 Å². The molecule has 0 aromatic heterocycles. The number of nitrogens with one attached hydrogen (secondary N) is 1. The van der Waals surface area contributed by atoms with Crippen molar-refractivity contribution in [1.29, 1.82) is 0 Å². The second-order valence-electron chi connectivity index (χ2n) is 3.45. The van der Waals surface area contributed by atoms with Crippen molar-refractivity contribution in [2.24, 2.45) is 0 Å². The molecule has 14 heavy (non-hydrogen) atoms. The largest absolute Gasteiger partial charge is 0.381 e.